The number of nitrogens with zero attached hydrogens (tertiary/aromatic N) is 2. The smallest absolute Gasteiger partial charge is 0.141 e. The molecule has 0 amide bonds. The van der Waals surface area contributed by atoms with Crippen LogP contribution in [0, 0.1) is 13.8 Å². The summed E-state index contributed by atoms with van der Waals surface area (Å²) in [6.45, 7) is 5.54. The molecule has 0 radical (unpaired) electrons. The SMILES string of the molecule is Cc1cc2nc(-c3cccc(N)c3)n(CCN)c2cc1C. The fourth-order valence-electron chi connectivity index (χ4n) is 2.63. The molecular weight excluding hydrogens is 260 g/mol. The predicted octanol–water partition coefficient (Wildman–Crippen LogP) is 2.86. The Kier molecular flexibility index (Phi) is 3.39. The van der Waals surface area contributed by atoms with Crippen molar-refractivity contribution in [2.75, 3.05) is 12.3 Å². The van der Waals surface area contributed by atoms with Crippen LogP contribution >= 0.6 is 0 Å². The highest BCUT2D eigenvalue weighted by atomic mass is 15.1. The van der Waals surface area contributed by atoms with Gasteiger partial charge in [0.05, 0.1) is 11.0 Å². The Bertz CT molecular complexity index is 802. The van der Waals surface area contributed by atoms with Crippen LogP contribution in [0.25, 0.3) is 22.4 Å². The highest BCUT2D eigenvalue weighted by Crippen LogP contribution is 2.27. The van der Waals surface area contributed by atoms with Crippen LogP contribution in [-0.4, -0.2) is 16.1 Å². The molecule has 1 aromatic heterocycles. The Morgan fingerprint density at radius 2 is 1.86 bits per heavy atom. The third-order valence-corrected chi connectivity index (χ3v) is 3.86. The number of anilines is 1. The Balaban J connectivity index is 2.28. The number of imidazole rings is 1. The minimum atomic E-state index is 0.577. The zero-order valence-corrected chi connectivity index (χ0v) is 12.4. The first-order valence-corrected chi connectivity index (χ1v) is 7.13. The lowest BCUT2D eigenvalue weighted by molar-refractivity contribution is 0.735. The molecule has 0 aliphatic rings. The molecule has 0 aliphatic carbocycles. The van der Waals surface area contributed by atoms with Gasteiger partial charge in [0.2, 0.25) is 0 Å². The van der Waals surface area contributed by atoms with Crippen LogP contribution in [0.3, 0.4) is 0 Å². The van der Waals surface area contributed by atoms with E-state index in [9.17, 15) is 0 Å². The van der Waals surface area contributed by atoms with Gasteiger partial charge < -0.3 is 16.0 Å². The second-order valence-electron chi connectivity index (χ2n) is 5.43. The molecule has 0 saturated heterocycles. The molecule has 4 heteroatoms. The molecular formula is C17H20N4. The van der Waals surface area contributed by atoms with E-state index in [1.807, 2.05) is 24.3 Å². The number of aromatic nitrogens is 2. The highest BCUT2D eigenvalue weighted by molar-refractivity contribution is 5.82. The van der Waals surface area contributed by atoms with Crippen LogP contribution in [0.5, 0.6) is 0 Å². The van der Waals surface area contributed by atoms with Crippen molar-refractivity contribution in [1.29, 1.82) is 0 Å². The maximum Gasteiger partial charge on any atom is 0.141 e. The van der Waals surface area contributed by atoms with Gasteiger partial charge in [-0.2, -0.15) is 0 Å². The monoisotopic (exact) mass is 280 g/mol. The van der Waals surface area contributed by atoms with E-state index in [2.05, 4.69) is 30.5 Å². The molecule has 3 aromatic rings. The molecule has 108 valence electrons. The van der Waals surface area contributed by atoms with E-state index in [0.29, 0.717) is 6.54 Å². The summed E-state index contributed by atoms with van der Waals surface area (Å²) in [6, 6.07) is 12.1. The second kappa shape index (κ2) is 5.22. The average molecular weight is 280 g/mol. The molecule has 4 N–H and O–H groups in total. The summed E-state index contributed by atoms with van der Waals surface area (Å²) in [4.78, 5) is 4.80. The lowest BCUT2D eigenvalue weighted by Crippen LogP contribution is -2.11. The van der Waals surface area contributed by atoms with Gasteiger partial charge in [-0.15, -0.1) is 0 Å². The molecule has 0 unspecified atom stereocenters. The van der Waals surface area contributed by atoms with Crippen molar-refractivity contribution in [2.45, 2.75) is 20.4 Å². The first-order chi connectivity index (χ1) is 10.1. The van der Waals surface area contributed by atoms with Gasteiger partial charge in [-0.25, -0.2) is 4.98 Å². The van der Waals surface area contributed by atoms with Crippen LogP contribution in [0.15, 0.2) is 36.4 Å². The zero-order chi connectivity index (χ0) is 15.0. The molecule has 0 atom stereocenters. The van der Waals surface area contributed by atoms with Gasteiger partial charge in [0.25, 0.3) is 0 Å². The molecule has 0 spiro atoms. The molecule has 0 aliphatic heterocycles. The largest absolute Gasteiger partial charge is 0.399 e. The van der Waals surface area contributed by atoms with Crippen LogP contribution in [-0.2, 0) is 6.54 Å². The molecule has 1 heterocycles. The quantitative estimate of drug-likeness (QED) is 0.725. The first-order valence-electron chi connectivity index (χ1n) is 7.13. The number of nitrogen functional groups attached to an aromatic ring is 1. The number of rotatable bonds is 3. The molecule has 0 bridgehead atoms. The number of nitrogens with two attached hydrogens (primary N) is 2. The van der Waals surface area contributed by atoms with E-state index in [1.54, 1.807) is 0 Å². The van der Waals surface area contributed by atoms with E-state index in [1.165, 1.54) is 11.1 Å². The van der Waals surface area contributed by atoms with Crippen LogP contribution < -0.4 is 11.5 Å². The van der Waals surface area contributed by atoms with Crippen molar-refractivity contribution < 1.29 is 0 Å². The molecule has 0 fully saturated rings. The van der Waals surface area contributed by atoms with E-state index in [-0.39, 0.29) is 0 Å². The number of fused-ring (bicyclic) bond motifs is 1. The maximum atomic E-state index is 5.90. The summed E-state index contributed by atoms with van der Waals surface area (Å²) >= 11 is 0. The number of hydrogen-bond acceptors (Lipinski definition) is 3. The summed E-state index contributed by atoms with van der Waals surface area (Å²) in [5, 5.41) is 0. The Morgan fingerprint density at radius 3 is 2.57 bits per heavy atom. The highest BCUT2D eigenvalue weighted by Gasteiger charge is 2.13. The molecule has 2 aromatic carbocycles. The number of benzene rings is 2. The van der Waals surface area contributed by atoms with Gasteiger partial charge in [-0.1, -0.05) is 12.1 Å². The maximum absolute atomic E-state index is 5.90. The summed E-state index contributed by atoms with van der Waals surface area (Å²) in [5.41, 5.74) is 18.1. The number of hydrogen-bond donors (Lipinski definition) is 2. The van der Waals surface area contributed by atoms with E-state index >= 15 is 0 Å². The van der Waals surface area contributed by atoms with Gasteiger partial charge in [0.1, 0.15) is 5.82 Å². The minimum Gasteiger partial charge on any atom is -0.399 e. The molecule has 4 nitrogen and oxygen atoms in total. The summed E-state index contributed by atoms with van der Waals surface area (Å²) in [7, 11) is 0. The summed E-state index contributed by atoms with van der Waals surface area (Å²) < 4.78 is 2.18. The van der Waals surface area contributed by atoms with Gasteiger partial charge in [0.15, 0.2) is 0 Å². The summed E-state index contributed by atoms with van der Waals surface area (Å²) in [6.07, 6.45) is 0. The van der Waals surface area contributed by atoms with Crippen molar-refractivity contribution in [3.63, 3.8) is 0 Å². The number of aryl methyl sites for hydroxylation is 2. The van der Waals surface area contributed by atoms with Crippen LogP contribution in [0.4, 0.5) is 5.69 Å². The Hall–Kier alpha value is -2.33. The van der Waals surface area contributed by atoms with Gasteiger partial charge in [-0.05, 0) is 49.2 Å². The van der Waals surface area contributed by atoms with Gasteiger partial charge in [0, 0.05) is 24.3 Å². The molecule has 3 rings (SSSR count). The second-order valence-corrected chi connectivity index (χ2v) is 5.43. The average Bonchev–Trinajstić information content (AvgIpc) is 2.78. The standard InChI is InChI=1S/C17H20N4/c1-11-8-15-16(9-12(11)2)21(7-6-18)17(20-15)13-4-3-5-14(19)10-13/h3-5,8-10H,6-7,18-19H2,1-2H3. The van der Waals surface area contributed by atoms with Crippen LogP contribution in [0.2, 0.25) is 0 Å². The van der Waals surface area contributed by atoms with Crippen LogP contribution in [0.1, 0.15) is 11.1 Å². The van der Waals surface area contributed by atoms with Crippen molar-refractivity contribution in [1.82, 2.24) is 9.55 Å². The first kappa shape index (κ1) is 13.6. The minimum absolute atomic E-state index is 0.577. The predicted molar refractivity (Wildman–Crippen MR) is 88.1 cm³/mol. The van der Waals surface area contributed by atoms with Crippen molar-refractivity contribution >= 4 is 16.7 Å². The molecule has 21 heavy (non-hydrogen) atoms. The van der Waals surface area contributed by atoms with E-state index in [4.69, 9.17) is 16.5 Å². The third kappa shape index (κ3) is 2.38. The zero-order valence-electron chi connectivity index (χ0n) is 12.4. The van der Waals surface area contributed by atoms with Gasteiger partial charge in [-0.3, -0.25) is 0 Å². The fourth-order valence-corrected chi connectivity index (χ4v) is 2.63. The molecule has 0 saturated carbocycles. The van der Waals surface area contributed by atoms with Crippen molar-refractivity contribution in [2.24, 2.45) is 5.73 Å². The van der Waals surface area contributed by atoms with E-state index in [0.717, 1.165) is 34.7 Å². The normalized spacial score (nSPS) is 11.2. The van der Waals surface area contributed by atoms with Crippen molar-refractivity contribution in [3.05, 3.63) is 47.5 Å². The van der Waals surface area contributed by atoms with E-state index < -0.39 is 0 Å². The summed E-state index contributed by atoms with van der Waals surface area (Å²) in [5.74, 6) is 0.924. The van der Waals surface area contributed by atoms with Crippen molar-refractivity contribution in [3.8, 4) is 11.4 Å². The Labute approximate surface area is 124 Å². The lowest BCUT2D eigenvalue weighted by atomic mass is 10.1. The fraction of sp³-hybridized carbons (Fsp3) is 0.235. The third-order valence-electron chi connectivity index (χ3n) is 3.86. The topological polar surface area (TPSA) is 69.9 Å². The Morgan fingerprint density at radius 1 is 1.10 bits per heavy atom. The lowest BCUT2D eigenvalue weighted by Gasteiger charge is -2.09. The van der Waals surface area contributed by atoms with Gasteiger partial charge >= 0.3 is 0 Å².